The maximum absolute atomic E-state index is 12.2. The SMILES string of the molecule is Cc1cc(C)cc(C(=O)NCC(=O)c2ccc(N(C)C)cc2)c1. The van der Waals surface area contributed by atoms with E-state index in [1.54, 1.807) is 12.1 Å². The monoisotopic (exact) mass is 310 g/mol. The van der Waals surface area contributed by atoms with Crippen LogP contribution in [0.1, 0.15) is 31.8 Å². The summed E-state index contributed by atoms with van der Waals surface area (Å²) < 4.78 is 0. The van der Waals surface area contributed by atoms with Gasteiger partial charge in [-0.3, -0.25) is 9.59 Å². The van der Waals surface area contributed by atoms with Crippen LogP contribution in [0, 0.1) is 13.8 Å². The van der Waals surface area contributed by atoms with Gasteiger partial charge >= 0.3 is 0 Å². The molecule has 4 nitrogen and oxygen atoms in total. The third-order valence-electron chi connectivity index (χ3n) is 3.60. The summed E-state index contributed by atoms with van der Waals surface area (Å²) in [5.41, 5.74) is 4.26. The zero-order valence-corrected chi connectivity index (χ0v) is 14.0. The Morgan fingerprint density at radius 3 is 2.00 bits per heavy atom. The van der Waals surface area contributed by atoms with Crippen LogP contribution in [-0.2, 0) is 0 Å². The van der Waals surface area contributed by atoms with Crippen LogP contribution in [0.2, 0.25) is 0 Å². The van der Waals surface area contributed by atoms with Gasteiger partial charge in [0.05, 0.1) is 6.54 Å². The summed E-state index contributed by atoms with van der Waals surface area (Å²) in [6.45, 7) is 3.88. The summed E-state index contributed by atoms with van der Waals surface area (Å²) in [5.74, 6) is -0.330. The minimum Gasteiger partial charge on any atom is -0.378 e. The van der Waals surface area contributed by atoms with Crippen LogP contribution < -0.4 is 10.2 Å². The number of amides is 1. The Labute approximate surface area is 137 Å². The second-order valence-corrected chi connectivity index (χ2v) is 5.92. The molecule has 0 spiro atoms. The van der Waals surface area contributed by atoms with E-state index < -0.39 is 0 Å². The van der Waals surface area contributed by atoms with Crippen molar-refractivity contribution < 1.29 is 9.59 Å². The number of carbonyl (C=O) groups excluding carboxylic acids is 2. The predicted molar refractivity (Wildman–Crippen MR) is 93.3 cm³/mol. The van der Waals surface area contributed by atoms with Crippen LogP contribution in [0.15, 0.2) is 42.5 Å². The molecule has 1 N–H and O–H groups in total. The molecule has 23 heavy (non-hydrogen) atoms. The highest BCUT2D eigenvalue weighted by Crippen LogP contribution is 2.13. The van der Waals surface area contributed by atoms with Crippen LogP contribution >= 0.6 is 0 Å². The Morgan fingerprint density at radius 1 is 0.913 bits per heavy atom. The Bertz CT molecular complexity index is 698. The van der Waals surface area contributed by atoms with Gasteiger partial charge in [-0.25, -0.2) is 0 Å². The lowest BCUT2D eigenvalue weighted by molar-refractivity contribution is 0.0904. The molecule has 0 radical (unpaired) electrons. The summed E-state index contributed by atoms with van der Waals surface area (Å²) in [6.07, 6.45) is 0. The summed E-state index contributed by atoms with van der Waals surface area (Å²) >= 11 is 0. The number of rotatable bonds is 5. The first-order chi connectivity index (χ1) is 10.9. The highest BCUT2D eigenvalue weighted by atomic mass is 16.2. The van der Waals surface area contributed by atoms with Gasteiger partial charge in [0.1, 0.15) is 0 Å². The molecule has 0 bridgehead atoms. The second-order valence-electron chi connectivity index (χ2n) is 5.92. The Hall–Kier alpha value is -2.62. The molecule has 0 heterocycles. The highest BCUT2D eigenvalue weighted by molar-refractivity contribution is 6.02. The maximum Gasteiger partial charge on any atom is 0.251 e. The first kappa shape index (κ1) is 16.7. The van der Waals surface area contributed by atoms with Crippen molar-refractivity contribution in [2.24, 2.45) is 0 Å². The van der Waals surface area contributed by atoms with Crippen LogP contribution in [0.5, 0.6) is 0 Å². The molecule has 0 aliphatic rings. The van der Waals surface area contributed by atoms with E-state index in [0.717, 1.165) is 16.8 Å². The number of hydrogen-bond acceptors (Lipinski definition) is 3. The van der Waals surface area contributed by atoms with Crippen molar-refractivity contribution in [2.45, 2.75) is 13.8 Å². The number of nitrogens with one attached hydrogen (secondary N) is 1. The van der Waals surface area contributed by atoms with Gasteiger partial charge in [0, 0.05) is 30.9 Å². The quantitative estimate of drug-likeness (QED) is 0.864. The molecule has 0 atom stereocenters. The fourth-order valence-electron chi connectivity index (χ4n) is 2.42. The topological polar surface area (TPSA) is 49.4 Å². The molecule has 0 saturated heterocycles. The third kappa shape index (κ3) is 4.42. The molecular weight excluding hydrogens is 288 g/mol. The van der Waals surface area contributed by atoms with Crippen LogP contribution in [-0.4, -0.2) is 32.3 Å². The van der Waals surface area contributed by atoms with Gasteiger partial charge in [-0.2, -0.15) is 0 Å². The molecule has 4 heteroatoms. The molecule has 0 aromatic heterocycles. The Balaban J connectivity index is 1.99. The second kappa shape index (κ2) is 7.09. The van der Waals surface area contributed by atoms with Gasteiger partial charge in [-0.05, 0) is 50.2 Å². The number of hydrogen-bond donors (Lipinski definition) is 1. The van der Waals surface area contributed by atoms with E-state index in [4.69, 9.17) is 0 Å². The van der Waals surface area contributed by atoms with E-state index in [-0.39, 0.29) is 18.2 Å². The largest absolute Gasteiger partial charge is 0.378 e. The number of ketones is 1. The zero-order chi connectivity index (χ0) is 17.0. The van der Waals surface area contributed by atoms with E-state index in [1.165, 1.54) is 0 Å². The fraction of sp³-hybridized carbons (Fsp3) is 0.263. The van der Waals surface area contributed by atoms with E-state index in [1.807, 2.05) is 63.2 Å². The number of nitrogens with zero attached hydrogens (tertiary/aromatic N) is 1. The summed E-state index contributed by atoms with van der Waals surface area (Å²) in [5, 5.41) is 2.69. The van der Waals surface area contributed by atoms with Crippen LogP contribution in [0.25, 0.3) is 0 Å². The van der Waals surface area contributed by atoms with Gasteiger partial charge in [0.2, 0.25) is 0 Å². The molecule has 2 rings (SSSR count). The van der Waals surface area contributed by atoms with Gasteiger partial charge in [-0.1, -0.05) is 17.2 Å². The molecule has 0 saturated carbocycles. The standard InChI is InChI=1S/C19H22N2O2/c1-13-9-14(2)11-16(10-13)19(23)20-12-18(22)15-5-7-17(8-6-15)21(3)4/h5-11H,12H2,1-4H3,(H,20,23). The van der Waals surface area contributed by atoms with E-state index >= 15 is 0 Å². The van der Waals surface area contributed by atoms with E-state index in [2.05, 4.69) is 5.32 Å². The van der Waals surface area contributed by atoms with Crippen LogP contribution in [0.4, 0.5) is 5.69 Å². The molecule has 120 valence electrons. The number of benzene rings is 2. The summed E-state index contributed by atoms with van der Waals surface area (Å²) in [6, 6.07) is 13.0. The average molecular weight is 310 g/mol. The van der Waals surface area contributed by atoms with Crippen molar-refractivity contribution in [2.75, 3.05) is 25.5 Å². The molecule has 0 aliphatic heterocycles. The average Bonchev–Trinajstić information content (AvgIpc) is 2.51. The van der Waals surface area contributed by atoms with Crippen molar-refractivity contribution in [3.8, 4) is 0 Å². The van der Waals surface area contributed by atoms with E-state index in [9.17, 15) is 9.59 Å². The summed E-state index contributed by atoms with van der Waals surface area (Å²) in [4.78, 5) is 26.3. The van der Waals surface area contributed by atoms with Crippen LogP contribution in [0.3, 0.4) is 0 Å². The molecular formula is C19H22N2O2. The highest BCUT2D eigenvalue weighted by Gasteiger charge is 2.11. The lowest BCUT2D eigenvalue weighted by atomic mass is 10.1. The molecule has 2 aromatic rings. The van der Waals surface area contributed by atoms with Crippen molar-refractivity contribution in [3.05, 3.63) is 64.7 Å². The van der Waals surface area contributed by atoms with Crippen molar-refractivity contribution in [1.29, 1.82) is 0 Å². The minimum absolute atomic E-state index is 0.00681. The molecule has 2 aromatic carbocycles. The molecule has 0 aliphatic carbocycles. The van der Waals surface area contributed by atoms with Crippen molar-refractivity contribution >= 4 is 17.4 Å². The molecule has 0 unspecified atom stereocenters. The Kier molecular flexibility index (Phi) is 5.16. The smallest absolute Gasteiger partial charge is 0.251 e. The van der Waals surface area contributed by atoms with Gasteiger partial charge in [0.15, 0.2) is 5.78 Å². The summed E-state index contributed by atoms with van der Waals surface area (Å²) in [7, 11) is 3.89. The van der Waals surface area contributed by atoms with Crippen molar-refractivity contribution in [3.63, 3.8) is 0 Å². The third-order valence-corrected chi connectivity index (χ3v) is 3.60. The lowest BCUT2D eigenvalue weighted by Gasteiger charge is -2.12. The number of aryl methyl sites for hydroxylation is 2. The van der Waals surface area contributed by atoms with Crippen molar-refractivity contribution in [1.82, 2.24) is 5.32 Å². The normalized spacial score (nSPS) is 10.3. The molecule has 0 fully saturated rings. The van der Waals surface area contributed by atoms with Gasteiger partial charge < -0.3 is 10.2 Å². The number of carbonyl (C=O) groups is 2. The first-order valence-corrected chi connectivity index (χ1v) is 7.54. The lowest BCUT2D eigenvalue weighted by Crippen LogP contribution is -2.29. The first-order valence-electron chi connectivity index (χ1n) is 7.54. The molecule has 1 amide bonds. The maximum atomic E-state index is 12.2. The van der Waals surface area contributed by atoms with E-state index in [0.29, 0.717) is 11.1 Å². The predicted octanol–water partition coefficient (Wildman–Crippen LogP) is 2.98. The zero-order valence-electron chi connectivity index (χ0n) is 14.0. The fourth-order valence-corrected chi connectivity index (χ4v) is 2.42. The van der Waals surface area contributed by atoms with Gasteiger partial charge in [-0.15, -0.1) is 0 Å². The van der Waals surface area contributed by atoms with Gasteiger partial charge in [0.25, 0.3) is 5.91 Å². The Morgan fingerprint density at radius 2 is 1.48 bits per heavy atom. The number of anilines is 1. The minimum atomic E-state index is -0.227. The number of Topliss-reactive ketones (excluding diaryl/α,β-unsaturated/α-hetero) is 1.